The van der Waals surface area contributed by atoms with Gasteiger partial charge >= 0.3 is 0 Å². The number of rotatable bonds is 4. The first kappa shape index (κ1) is 24.3. The molecule has 1 atom stereocenters. The van der Waals surface area contributed by atoms with E-state index in [0.717, 1.165) is 67.9 Å². The van der Waals surface area contributed by atoms with Crippen molar-refractivity contribution in [2.45, 2.75) is 38.8 Å². The van der Waals surface area contributed by atoms with Gasteiger partial charge in [-0.05, 0) is 54.2 Å². The Morgan fingerprint density at radius 1 is 1.08 bits per heavy atom. The van der Waals surface area contributed by atoms with Crippen LogP contribution in [0.25, 0.3) is 20.7 Å². The second kappa shape index (κ2) is 10.0. The number of halogens is 1. The monoisotopic (exact) mass is 533 g/mol. The smallest absolute Gasteiger partial charge is 0.271 e. The van der Waals surface area contributed by atoms with Crippen molar-refractivity contribution in [2.75, 3.05) is 26.2 Å². The van der Waals surface area contributed by atoms with Crippen LogP contribution < -0.4 is 5.56 Å². The minimum Gasteiger partial charge on any atom is -0.340 e. The van der Waals surface area contributed by atoms with Gasteiger partial charge in [0, 0.05) is 62.3 Å². The Hall–Kier alpha value is -3.07. The fourth-order valence-corrected chi connectivity index (χ4v) is 6.60. The van der Waals surface area contributed by atoms with E-state index in [4.69, 9.17) is 11.6 Å². The van der Waals surface area contributed by atoms with Crippen LogP contribution in [0.2, 0.25) is 5.15 Å². The van der Waals surface area contributed by atoms with Gasteiger partial charge < -0.3 is 4.90 Å². The first-order valence-corrected chi connectivity index (χ1v) is 13.9. The summed E-state index contributed by atoms with van der Waals surface area (Å²) >= 11 is 7.39. The van der Waals surface area contributed by atoms with Crippen LogP contribution >= 0.6 is 22.9 Å². The number of hydrogen-bond donors (Lipinski definition) is 0. The van der Waals surface area contributed by atoms with Crippen molar-refractivity contribution in [3.05, 3.63) is 81.1 Å². The van der Waals surface area contributed by atoms with Crippen molar-refractivity contribution in [1.29, 1.82) is 0 Å². The van der Waals surface area contributed by atoms with Crippen LogP contribution in [-0.4, -0.2) is 56.4 Å². The van der Waals surface area contributed by atoms with Crippen LogP contribution in [0.4, 0.5) is 0 Å². The lowest BCUT2D eigenvalue weighted by atomic mass is 9.87. The summed E-state index contributed by atoms with van der Waals surface area (Å²) in [6.45, 7) is 5.98. The van der Waals surface area contributed by atoms with Crippen LogP contribution in [0.1, 0.15) is 36.1 Å². The summed E-state index contributed by atoms with van der Waals surface area (Å²) in [6.07, 6.45) is 6.14. The highest BCUT2D eigenvalue weighted by atomic mass is 35.5. The van der Waals surface area contributed by atoms with Crippen molar-refractivity contribution in [3.8, 4) is 10.4 Å². The number of benzene rings is 1. The molecular weight excluding hydrogens is 506 g/mol. The van der Waals surface area contributed by atoms with E-state index >= 15 is 0 Å². The third-order valence-electron chi connectivity index (χ3n) is 7.56. The Balaban J connectivity index is 1.18. The van der Waals surface area contributed by atoms with Gasteiger partial charge in [0.15, 0.2) is 0 Å². The number of piperazine rings is 1. The average Bonchev–Trinajstić information content (AvgIpc) is 3.35. The van der Waals surface area contributed by atoms with Gasteiger partial charge in [-0.15, -0.1) is 11.3 Å². The lowest BCUT2D eigenvalue weighted by Crippen LogP contribution is -2.47. The molecule has 0 saturated carbocycles. The summed E-state index contributed by atoms with van der Waals surface area (Å²) in [5.41, 5.74) is 5.69. The van der Waals surface area contributed by atoms with E-state index in [9.17, 15) is 9.59 Å². The number of carbonyl (C=O) groups excluding carboxylic acids is 1. The topological polar surface area (TPSA) is 71.3 Å². The third-order valence-corrected chi connectivity index (χ3v) is 8.95. The van der Waals surface area contributed by atoms with Crippen LogP contribution in [0.3, 0.4) is 0 Å². The quantitative estimate of drug-likeness (QED) is 0.359. The Morgan fingerprint density at radius 3 is 2.68 bits per heavy atom. The molecule has 1 unspecified atom stereocenters. The zero-order chi connectivity index (χ0) is 25.5. The molecular formula is C28H28ClN5O2S. The summed E-state index contributed by atoms with van der Waals surface area (Å²) < 4.78 is 2.51. The van der Waals surface area contributed by atoms with Gasteiger partial charge in [-0.2, -0.15) is 0 Å². The van der Waals surface area contributed by atoms with Gasteiger partial charge in [0.05, 0.1) is 11.8 Å². The van der Waals surface area contributed by atoms with Gasteiger partial charge in [0.2, 0.25) is 5.91 Å². The highest BCUT2D eigenvalue weighted by molar-refractivity contribution is 7.22. The van der Waals surface area contributed by atoms with Crippen molar-refractivity contribution in [3.63, 3.8) is 0 Å². The zero-order valence-electron chi connectivity index (χ0n) is 20.7. The first-order valence-electron chi connectivity index (χ1n) is 12.7. The molecule has 1 aliphatic carbocycles. The highest BCUT2D eigenvalue weighted by Crippen LogP contribution is 2.33. The summed E-state index contributed by atoms with van der Waals surface area (Å²) in [6, 6.07) is 12.5. The normalized spacial score (nSPS) is 18.2. The zero-order valence-corrected chi connectivity index (χ0v) is 22.3. The Morgan fingerprint density at radius 2 is 1.92 bits per heavy atom. The van der Waals surface area contributed by atoms with E-state index in [-0.39, 0.29) is 17.5 Å². The number of fused-ring (bicyclic) bond motifs is 2. The molecule has 1 amide bonds. The number of hydrogen-bond acceptors (Lipinski definition) is 6. The lowest BCUT2D eigenvalue weighted by molar-refractivity contribution is -0.130. The van der Waals surface area contributed by atoms with Crippen molar-refractivity contribution < 1.29 is 4.79 Å². The van der Waals surface area contributed by atoms with Crippen molar-refractivity contribution in [1.82, 2.24) is 24.3 Å². The number of amides is 1. The fourth-order valence-electron chi connectivity index (χ4n) is 5.45. The number of nitrogens with zero attached hydrogens (tertiary/aromatic N) is 5. The molecule has 37 heavy (non-hydrogen) atoms. The van der Waals surface area contributed by atoms with Gasteiger partial charge in [-0.3, -0.25) is 19.1 Å². The molecule has 0 bridgehead atoms. The van der Waals surface area contributed by atoms with E-state index in [1.165, 1.54) is 28.0 Å². The maximum atomic E-state index is 13.4. The molecule has 1 saturated heterocycles. The number of thiophene rings is 1. The van der Waals surface area contributed by atoms with E-state index in [0.29, 0.717) is 9.85 Å². The van der Waals surface area contributed by atoms with Gasteiger partial charge in [0.25, 0.3) is 5.56 Å². The van der Waals surface area contributed by atoms with E-state index < -0.39 is 0 Å². The van der Waals surface area contributed by atoms with E-state index in [1.807, 2.05) is 21.6 Å². The van der Waals surface area contributed by atoms with Crippen LogP contribution in [0.5, 0.6) is 0 Å². The second-order valence-corrected chi connectivity index (χ2v) is 11.4. The van der Waals surface area contributed by atoms with Gasteiger partial charge in [0.1, 0.15) is 9.85 Å². The number of carbonyl (C=O) groups is 1. The predicted octanol–water partition coefficient (Wildman–Crippen LogP) is 4.57. The molecule has 190 valence electrons. The summed E-state index contributed by atoms with van der Waals surface area (Å²) in [4.78, 5) is 39.1. The molecule has 3 aromatic heterocycles. The predicted molar refractivity (Wildman–Crippen MR) is 147 cm³/mol. The molecule has 4 aromatic rings. The Labute approximate surface area is 224 Å². The Kier molecular flexibility index (Phi) is 6.56. The van der Waals surface area contributed by atoms with Crippen LogP contribution in [0, 0.1) is 0 Å². The van der Waals surface area contributed by atoms with Crippen LogP contribution in [0.15, 0.2) is 53.7 Å². The molecule has 0 radical (unpaired) electrons. The van der Waals surface area contributed by atoms with Gasteiger partial charge in [-0.1, -0.05) is 29.8 Å². The minimum atomic E-state index is 0.0259. The van der Waals surface area contributed by atoms with Gasteiger partial charge in [-0.25, -0.2) is 9.97 Å². The average molecular weight is 534 g/mol. The van der Waals surface area contributed by atoms with Crippen molar-refractivity contribution >= 4 is 39.1 Å². The lowest BCUT2D eigenvalue weighted by Gasteiger charge is -2.34. The van der Waals surface area contributed by atoms with E-state index in [1.54, 1.807) is 25.5 Å². The van der Waals surface area contributed by atoms with E-state index in [2.05, 4.69) is 33.1 Å². The summed E-state index contributed by atoms with van der Waals surface area (Å²) in [7, 11) is 0. The minimum absolute atomic E-state index is 0.0259. The molecule has 7 nitrogen and oxygen atoms in total. The molecule has 4 heterocycles. The molecule has 9 heteroatoms. The molecule has 2 aliphatic rings. The SMILES string of the molecule is CC(=O)N1CCN(Cc2ccc3c(c2)CCC(n2cnc4cc(-c5ccc(Cl)nc5)sc4c2=O)C3)CC1. The Bertz CT molecular complexity index is 1520. The van der Waals surface area contributed by atoms with Crippen LogP contribution in [-0.2, 0) is 24.2 Å². The maximum Gasteiger partial charge on any atom is 0.271 e. The second-order valence-electron chi connectivity index (χ2n) is 9.93. The maximum absolute atomic E-state index is 13.4. The number of aromatic nitrogens is 3. The molecule has 0 N–H and O–H groups in total. The number of aryl methyl sites for hydroxylation is 1. The third kappa shape index (κ3) is 4.93. The molecule has 1 aliphatic heterocycles. The first-order chi connectivity index (χ1) is 17.9. The van der Waals surface area contributed by atoms with Crippen molar-refractivity contribution in [2.24, 2.45) is 0 Å². The molecule has 1 aromatic carbocycles. The fraction of sp³-hybridized carbons (Fsp3) is 0.357. The summed E-state index contributed by atoms with van der Waals surface area (Å²) in [5.74, 6) is 0.162. The summed E-state index contributed by atoms with van der Waals surface area (Å²) in [5, 5.41) is 0.447. The number of pyridine rings is 1. The molecule has 0 spiro atoms. The molecule has 6 rings (SSSR count). The highest BCUT2D eigenvalue weighted by Gasteiger charge is 2.24. The molecule has 1 fully saturated rings. The standard InChI is InChI=1S/C28H28ClN5O2S/c1-18(35)33-10-8-32(9-11-33)16-19-2-3-21-13-23(6-4-20(21)12-19)34-17-31-24-14-25(37-27(24)28(34)36)22-5-7-26(29)30-15-22/h2-3,5,7,12,14-15,17,23H,4,6,8-11,13,16H2,1H3. The largest absolute Gasteiger partial charge is 0.340 e.